The van der Waals surface area contributed by atoms with Gasteiger partial charge in [0.15, 0.2) is 5.16 Å². The van der Waals surface area contributed by atoms with Gasteiger partial charge in [0.1, 0.15) is 5.54 Å². The number of hydrogen-bond donors (Lipinski definition) is 2. The lowest BCUT2D eigenvalue weighted by molar-refractivity contribution is 0.464. The summed E-state index contributed by atoms with van der Waals surface area (Å²) >= 11 is 1.54. The monoisotopic (exact) mass is 250 g/mol. The molecule has 90 valence electrons. The van der Waals surface area contributed by atoms with Crippen LogP contribution in [0.3, 0.4) is 0 Å². The highest BCUT2D eigenvalue weighted by Gasteiger charge is 2.38. The Morgan fingerprint density at radius 1 is 1.76 bits per heavy atom. The highest BCUT2D eigenvalue weighted by molar-refractivity contribution is 7.99. The first-order valence-corrected chi connectivity index (χ1v) is 6.37. The van der Waals surface area contributed by atoms with Crippen LogP contribution >= 0.6 is 11.8 Å². The number of nitrogens with zero attached hydrogens (tertiary/aromatic N) is 2. The maximum absolute atomic E-state index is 11.1. The van der Waals surface area contributed by atoms with E-state index in [2.05, 4.69) is 21.4 Å². The van der Waals surface area contributed by atoms with Gasteiger partial charge in [-0.05, 0) is 26.3 Å². The zero-order chi connectivity index (χ0) is 12.3. The van der Waals surface area contributed by atoms with Gasteiger partial charge in [-0.2, -0.15) is 5.26 Å². The number of thioether (sulfide) groups is 1. The summed E-state index contributed by atoms with van der Waals surface area (Å²) in [6, 6.07) is 3.73. The Balaban J connectivity index is 2.04. The SMILES string of the molecule is CNC1(C#N)CCC(Sc2nccc(=O)[nH]2)C1. The van der Waals surface area contributed by atoms with Crippen LogP contribution in [0.4, 0.5) is 0 Å². The van der Waals surface area contributed by atoms with Gasteiger partial charge in [-0.3, -0.25) is 4.79 Å². The summed E-state index contributed by atoms with van der Waals surface area (Å²) in [5, 5.41) is 13.2. The average Bonchev–Trinajstić information content (AvgIpc) is 2.73. The molecule has 1 aliphatic rings. The van der Waals surface area contributed by atoms with Crippen molar-refractivity contribution in [3.8, 4) is 6.07 Å². The van der Waals surface area contributed by atoms with Crippen molar-refractivity contribution in [2.75, 3.05) is 7.05 Å². The first-order valence-electron chi connectivity index (χ1n) is 5.49. The molecule has 17 heavy (non-hydrogen) atoms. The van der Waals surface area contributed by atoms with Crippen molar-refractivity contribution < 1.29 is 0 Å². The van der Waals surface area contributed by atoms with Gasteiger partial charge in [0.25, 0.3) is 5.56 Å². The Hall–Kier alpha value is -1.32. The van der Waals surface area contributed by atoms with Crippen LogP contribution in [0, 0.1) is 11.3 Å². The molecule has 1 aromatic rings. The van der Waals surface area contributed by atoms with E-state index in [-0.39, 0.29) is 5.56 Å². The van der Waals surface area contributed by atoms with Gasteiger partial charge in [0.05, 0.1) is 6.07 Å². The van der Waals surface area contributed by atoms with Crippen molar-refractivity contribution in [3.05, 3.63) is 22.6 Å². The number of nitrogens with one attached hydrogen (secondary N) is 2. The first kappa shape index (κ1) is 12.1. The van der Waals surface area contributed by atoms with Gasteiger partial charge in [-0.15, -0.1) is 0 Å². The molecule has 2 atom stereocenters. The molecule has 2 unspecified atom stereocenters. The molecule has 0 saturated heterocycles. The van der Waals surface area contributed by atoms with Crippen LogP contribution in [-0.2, 0) is 0 Å². The maximum atomic E-state index is 11.1. The maximum Gasteiger partial charge on any atom is 0.251 e. The first-order chi connectivity index (χ1) is 8.17. The molecular weight excluding hydrogens is 236 g/mol. The van der Waals surface area contributed by atoms with Crippen molar-refractivity contribution in [2.45, 2.75) is 35.2 Å². The van der Waals surface area contributed by atoms with E-state index in [0.717, 1.165) is 19.3 Å². The molecule has 1 fully saturated rings. The number of nitriles is 1. The lowest BCUT2D eigenvalue weighted by Gasteiger charge is -2.19. The van der Waals surface area contributed by atoms with Gasteiger partial charge in [0, 0.05) is 17.5 Å². The Kier molecular flexibility index (Phi) is 3.50. The molecule has 1 aromatic heterocycles. The summed E-state index contributed by atoms with van der Waals surface area (Å²) < 4.78 is 0. The number of H-pyrrole nitrogens is 1. The van der Waals surface area contributed by atoms with Crippen molar-refractivity contribution in [2.24, 2.45) is 0 Å². The average molecular weight is 250 g/mol. The lowest BCUT2D eigenvalue weighted by Crippen LogP contribution is -2.38. The number of aromatic nitrogens is 2. The summed E-state index contributed by atoms with van der Waals surface area (Å²) in [5.74, 6) is 0. The van der Waals surface area contributed by atoms with Crippen LogP contribution in [0.25, 0.3) is 0 Å². The van der Waals surface area contributed by atoms with E-state index < -0.39 is 5.54 Å². The Bertz CT molecular complexity index is 495. The van der Waals surface area contributed by atoms with E-state index in [1.165, 1.54) is 12.3 Å². The summed E-state index contributed by atoms with van der Waals surface area (Å²) in [6.45, 7) is 0. The van der Waals surface area contributed by atoms with Gasteiger partial charge >= 0.3 is 0 Å². The lowest BCUT2D eigenvalue weighted by atomic mass is 10.0. The third-order valence-corrected chi connectivity index (χ3v) is 4.25. The minimum atomic E-state index is -0.410. The predicted octanol–water partition coefficient (Wildman–Crippen LogP) is 0.896. The van der Waals surface area contributed by atoms with Gasteiger partial charge < -0.3 is 10.3 Å². The normalized spacial score (nSPS) is 27.9. The standard InChI is InChI=1S/C11H14N4OS/c1-13-11(7-12)4-2-8(6-11)17-10-14-5-3-9(16)15-10/h3,5,8,13H,2,4,6H2,1H3,(H,14,15,16). The molecule has 2 N–H and O–H groups in total. The topological polar surface area (TPSA) is 81.6 Å². The van der Waals surface area contributed by atoms with E-state index >= 15 is 0 Å². The third-order valence-electron chi connectivity index (χ3n) is 3.09. The molecular formula is C11H14N4OS. The largest absolute Gasteiger partial charge is 0.302 e. The van der Waals surface area contributed by atoms with Gasteiger partial charge in [0.2, 0.25) is 0 Å². The van der Waals surface area contributed by atoms with Gasteiger partial charge in [-0.25, -0.2) is 4.98 Å². The highest BCUT2D eigenvalue weighted by atomic mass is 32.2. The molecule has 6 heteroatoms. The smallest absolute Gasteiger partial charge is 0.251 e. The second-order valence-electron chi connectivity index (χ2n) is 4.17. The summed E-state index contributed by atoms with van der Waals surface area (Å²) in [5.41, 5.74) is -0.548. The quantitative estimate of drug-likeness (QED) is 0.779. The highest BCUT2D eigenvalue weighted by Crippen LogP contribution is 2.38. The molecule has 1 heterocycles. The summed E-state index contributed by atoms with van der Waals surface area (Å²) in [7, 11) is 1.82. The number of aromatic amines is 1. The van der Waals surface area contributed by atoms with Crippen LogP contribution in [0.1, 0.15) is 19.3 Å². The Labute approximate surface area is 104 Å². The third kappa shape index (κ3) is 2.68. The van der Waals surface area contributed by atoms with Crippen molar-refractivity contribution in [1.82, 2.24) is 15.3 Å². The van der Waals surface area contributed by atoms with Crippen molar-refractivity contribution in [1.29, 1.82) is 5.26 Å². The molecule has 0 bridgehead atoms. The van der Waals surface area contributed by atoms with Crippen LogP contribution in [0.2, 0.25) is 0 Å². The Morgan fingerprint density at radius 2 is 2.59 bits per heavy atom. The zero-order valence-electron chi connectivity index (χ0n) is 9.56. The molecule has 0 aliphatic heterocycles. The van der Waals surface area contributed by atoms with E-state index in [0.29, 0.717) is 10.4 Å². The van der Waals surface area contributed by atoms with Crippen molar-refractivity contribution in [3.63, 3.8) is 0 Å². The van der Waals surface area contributed by atoms with Crippen LogP contribution in [0.5, 0.6) is 0 Å². The summed E-state index contributed by atoms with van der Waals surface area (Å²) in [4.78, 5) is 17.9. The predicted molar refractivity (Wildman–Crippen MR) is 65.8 cm³/mol. The molecule has 0 aromatic carbocycles. The van der Waals surface area contributed by atoms with Gasteiger partial charge in [-0.1, -0.05) is 11.8 Å². The molecule has 5 nitrogen and oxygen atoms in total. The van der Waals surface area contributed by atoms with Crippen LogP contribution in [0.15, 0.2) is 22.2 Å². The number of rotatable bonds is 3. The van der Waals surface area contributed by atoms with Crippen molar-refractivity contribution >= 4 is 11.8 Å². The fourth-order valence-electron chi connectivity index (χ4n) is 2.06. The summed E-state index contributed by atoms with van der Waals surface area (Å²) in [6.07, 6.45) is 4.08. The fourth-order valence-corrected chi connectivity index (χ4v) is 3.26. The molecule has 0 radical (unpaired) electrons. The molecule has 0 amide bonds. The second-order valence-corrected chi connectivity index (χ2v) is 5.45. The number of hydrogen-bond acceptors (Lipinski definition) is 5. The fraction of sp³-hybridized carbons (Fsp3) is 0.545. The second kappa shape index (κ2) is 4.90. The molecule has 1 aliphatic carbocycles. The van der Waals surface area contributed by atoms with E-state index in [1.54, 1.807) is 11.8 Å². The van der Waals surface area contributed by atoms with Crippen LogP contribution < -0.4 is 10.9 Å². The minimum Gasteiger partial charge on any atom is -0.302 e. The molecule has 2 rings (SSSR count). The zero-order valence-corrected chi connectivity index (χ0v) is 10.4. The Morgan fingerprint density at radius 3 is 3.18 bits per heavy atom. The van der Waals surface area contributed by atoms with E-state index in [1.807, 2.05) is 7.05 Å². The van der Waals surface area contributed by atoms with Crippen LogP contribution in [-0.4, -0.2) is 27.8 Å². The molecule has 0 spiro atoms. The molecule has 1 saturated carbocycles. The van der Waals surface area contributed by atoms with E-state index in [4.69, 9.17) is 5.26 Å². The van der Waals surface area contributed by atoms with E-state index in [9.17, 15) is 4.79 Å². The minimum absolute atomic E-state index is 0.138.